The predicted molar refractivity (Wildman–Crippen MR) is 99.0 cm³/mol. The smallest absolute Gasteiger partial charge is 0.00264 e. The van der Waals surface area contributed by atoms with Crippen LogP contribution in [0, 0.1) is 0 Å². The van der Waals surface area contributed by atoms with Crippen molar-refractivity contribution >= 4 is 43.1 Å². The van der Waals surface area contributed by atoms with E-state index >= 15 is 0 Å². The van der Waals surface area contributed by atoms with E-state index in [1.54, 1.807) is 0 Å². The number of hydrogen-bond acceptors (Lipinski definition) is 0. The van der Waals surface area contributed by atoms with Crippen LogP contribution in [0.15, 0.2) is 72.8 Å². The van der Waals surface area contributed by atoms with Crippen LogP contribution in [-0.4, -0.2) is 0 Å². The maximum Gasteiger partial charge on any atom is -0.00264 e. The molecule has 5 rings (SSSR count). The number of benzene rings is 5. The van der Waals surface area contributed by atoms with Gasteiger partial charge < -0.3 is 0 Å². The average molecular weight is 282 g/mol. The summed E-state index contributed by atoms with van der Waals surface area (Å²) in [6, 6.07) is 26.4. The van der Waals surface area contributed by atoms with E-state index in [0.717, 1.165) is 0 Å². The van der Waals surface area contributed by atoms with E-state index in [0.29, 0.717) is 0 Å². The maximum atomic E-state index is 2.25. The summed E-state index contributed by atoms with van der Waals surface area (Å²) in [6.07, 6.45) is 0. The summed E-state index contributed by atoms with van der Waals surface area (Å²) in [5.74, 6) is 0. The first-order valence-corrected chi connectivity index (χ1v) is 7.98. The molecular formula is C22H18. The normalized spacial score (nSPS) is 11.2. The molecule has 5 aromatic rings. The molecule has 0 radical (unpaired) electrons. The van der Waals surface area contributed by atoms with E-state index in [1.807, 2.05) is 13.8 Å². The molecule has 0 aliphatic heterocycles. The Labute approximate surface area is 130 Å². The van der Waals surface area contributed by atoms with Gasteiger partial charge in [0.05, 0.1) is 0 Å². The minimum absolute atomic E-state index is 1.33. The summed E-state index contributed by atoms with van der Waals surface area (Å²) in [6.45, 7) is 4.00. The minimum atomic E-state index is 1.33. The van der Waals surface area contributed by atoms with Crippen molar-refractivity contribution < 1.29 is 0 Å². The van der Waals surface area contributed by atoms with Gasteiger partial charge in [-0.25, -0.2) is 0 Å². The Hall–Kier alpha value is -2.60. The summed E-state index contributed by atoms with van der Waals surface area (Å²) in [4.78, 5) is 0. The van der Waals surface area contributed by atoms with Crippen molar-refractivity contribution in [1.29, 1.82) is 0 Å². The molecule has 0 aromatic heterocycles. The van der Waals surface area contributed by atoms with Crippen molar-refractivity contribution in [3.8, 4) is 0 Å². The van der Waals surface area contributed by atoms with E-state index in [-0.39, 0.29) is 0 Å². The van der Waals surface area contributed by atoms with Crippen LogP contribution in [0.25, 0.3) is 43.1 Å². The fourth-order valence-electron chi connectivity index (χ4n) is 3.58. The van der Waals surface area contributed by atoms with Gasteiger partial charge in [-0.05, 0) is 43.1 Å². The zero-order valence-electron chi connectivity index (χ0n) is 12.9. The topological polar surface area (TPSA) is 0 Å². The van der Waals surface area contributed by atoms with Crippen LogP contribution >= 0.6 is 0 Å². The third kappa shape index (κ3) is 1.64. The highest BCUT2D eigenvalue weighted by molar-refractivity contribution is 6.32. The second kappa shape index (κ2) is 4.99. The van der Waals surface area contributed by atoms with Crippen molar-refractivity contribution in [3.63, 3.8) is 0 Å². The van der Waals surface area contributed by atoms with Crippen molar-refractivity contribution in [2.24, 2.45) is 0 Å². The second-order valence-electron chi connectivity index (χ2n) is 5.42. The molecule has 0 nitrogen and oxygen atoms in total. The molecular weight excluding hydrogens is 264 g/mol. The summed E-state index contributed by atoms with van der Waals surface area (Å²) >= 11 is 0. The monoisotopic (exact) mass is 282 g/mol. The molecule has 0 amide bonds. The standard InChI is InChI=1S/C20H12.C2H6/c1-5-13-6-2-11-17-18-12-4-8-14-7-3-10-16(20(14)18)15(9-1)19(13)17;1-2/h1-12H;1-2H3. The predicted octanol–water partition coefficient (Wildman–Crippen LogP) is 6.76. The Bertz CT molecular complexity index is 917. The Morgan fingerprint density at radius 2 is 0.682 bits per heavy atom. The quantitative estimate of drug-likeness (QED) is 0.217. The van der Waals surface area contributed by atoms with Gasteiger partial charge in [0.1, 0.15) is 0 Å². The molecule has 106 valence electrons. The lowest BCUT2D eigenvalue weighted by Crippen LogP contribution is -1.85. The summed E-state index contributed by atoms with van der Waals surface area (Å²) in [7, 11) is 0. The molecule has 0 saturated heterocycles. The molecule has 0 saturated carbocycles. The Morgan fingerprint density at radius 1 is 0.409 bits per heavy atom. The number of rotatable bonds is 0. The van der Waals surface area contributed by atoms with Crippen LogP contribution in [0.1, 0.15) is 13.8 Å². The van der Waals surface area contributed by atoms with E-state index in [4.69, 9.17) is 0 Å². The molecule has 0 aliphatic rings. The molecule has 0 aliphatic carbocycles. The summed E-state index contributed by atoms with van der Waals surface area (Å²) in [5.41, 5.74) is 0. The highest BCUT2D eigenvalue weighted by Gasteiger charge is 2.11. The van der Waals surface area contributed by atoms with Crippen LogP contribution < -0.4 is 0 Å². The van der Waals surface area contributed by atoms with Crippen molar-refractivity contribution in [2.45, 2.75) is 13.8 Å². The fourth-order valence-corrected chi connectivity index (χ4v) is 3.58. The van der Waals surface area contributed by atoms with Crippen LogP contribution in [-0.2, 0) is 0 Å². The van der Waals surface area contributed by atoms with E-state index in [2.05, 4.69) is 72.8 Å². The van der Waals surface area contributed by atoms with Gasteiger partial charge in [0, 0.05) is 0 Å². The van der Waals surface area contributed by atoms with Crippen molar-refractivity contribution in [3.05, 3.63) is 72.8 Å². The van der Waals surface area contributed by atoms with Crippen LogP contribution in [0.4, 0.5) is 0 Å². The van der Waals surface area contributed by atoms with Crippen LogP contribution in [0.2, 0.25) is 0 Å². The summed E-state index contributed by atoms with van der Waals surface area (Å²) < 4.78 is 0. The molecule has 0 heteroatoms. The number of hydrogen-bond donors (Lipinski definition) is 0. The van der Waals surface area contributed by atoms with E-state index < -0.39 is 0 Å². The van der Waals surface area contributed by atoms with Crippen LogP contribution in [0.5, 0.6) is 0 Å². The molecule has 0 heterocycles. The van der Waals surface area contributed by atoms with Gasteiger partial charge in [0.25, 0.3) is 0 Å². The van der Waals surface area contributed by atoms with Gasteiger partial charge in [-0.15, -0.1) is 0 Å². The largest absolute Gasteiger partial charge is 0.0683 e. The lowest BCUT2D eigenvalue weighted by molar-refractivity contribution is 1.50. The average Bonchev–Trinajstić information content (AvgIpc) is 2.61. The molecule has 0 fully saturated rings. The molecule has 0 unspecified atom stereocenters. The Kier molecular flexibility index (Phi) is 2.97. The molecule has 0 N–H and O–H groups in total. The van der Waals surface area contributed by atoms with Crippen LogP contribution in [0.3, 0.4) is 0 Å². The van der Waals surface area contributed by atoms with Gasteiger partial charge in [-0.2, -0.15) is 0 Å². The molecule has 22 heavy (non-hydrogen) atoms. The van der Waals surface area contributed by atoms with Crippen molar-refractivity contribution in [2.75, 3.05) is 0 Å². The molecule has 0 atom stereocenters. The zero-order valence-corrected chi connectivity index (χ0v) is 12.9. The summed E-state index contributed by atoms with van der Waals surface area (Å²) in [5, 5.41) is 10.9. The highest BCUT2D eigenvalue weighted by Crippen LogP contribution is 2.39. The van der Waals surface area contributed by atoms with Gasteiger partial charge in [-0.1, -0.05) is 86.6 Å². The van der Waals surface area contributed by atoms with Gasteiger partial charge in [0.15, 0.2) is 0 Å². The molecule has 5 aromatic carbocycles. The maximum absolute atomic E-state index is 2.25. The highest BCUT2D eigenvalue weighted by atomic mass is 14.1. The van der Waals surface area contributed by atoms with E-state index in [9.17, 15) is 0 Å². The zero-order chi connectivity index (χ0) is 15.1. The Morgan fingerprint density at radius 3 is 0.955 bits per heavy atom. The van der Waals surface area contributed by atoms with Gasteiger partial charge in [-0.3, -0.25) is 0 Å². The molecule has 0 spiro atoms. The molecule has 0 bridgehead atoms. The Balaban J connectivity index is 0.000000602. The first-order valence-electron chi connectivity index (χ1n) is 7.98. The van der Waals surface area contributed by atoms with Gasteiger partial charge in [0.2, 0.25) is 0 Å². The van der Waals surface area contributed by atoms with Crippen molar-refractivity contribution in [1.82, 2.24) is 0 Å². The number of fused-ring (bicyclic) bond motifs is 2. The first-order chi connectivity index (χ1) is 10.9. The minimum Gasteiger partial charge on any atom is -0.0683 e. The van der Waals surface area contributed by atoms with E-state index in [1.165, 1.54) is 43.1 Å². The lowest BCUT2D eigenvalue weighted by atomic mass is 9.90. The first kappa shape index (κ1) is 13.1. The lowest BCUT2D eigenvalue weighted by Gasteiger charge is -2.13. The SMILES string of the molecule is CC.c1cc2cccc3c4cccc5cccc(c(c1)c23)c54. The fraction of sp³-hybridized carbons (Fsp3) is 0.0909. The third-order valence-electron chi connectivity index (χ3n) is 4.39. The third-order valence-corrected chi connectivity index (χ3v) is 4.39. The second-order valence-corrected chi connectivity index (χ2v) is 5.42. The van der Waals surface area contributed by atoms with Gasteiger partial charge >= 0.3 is 0 Å².